The summed E-state index contributed by atoms with van der Waals surface area (Å²) in [6, 6.07) is 28.1. The fourth-order valence-corrected chi connectivity index (χ4v) is 4.72. The van der Waals surface area contributed by atoms with Gasteiger partial charge in [-0.2, -0.15) is 0 Å². The normalized spacial score (nSPS) is 23.4. The molecule has 0 saturated heterocycles. The summed E-state index contributed by atoms with van der Waals surface area (Å²) in [5.74, 6) is -1.06. The predicted molar refractivity (Wildman–Crippen MR) is 117 cm³/mol. The van der Waals surface area contributed by atoms with Crippen LogP contribution >= 0.6 is 0 Å². The van der Waals surface area contributed by atoms with Crippen LogP contribution in [0.2, 0.25) is 0 Å². The summed E-state index contributed by atoms with van der Waals surface area (Å²) in [6.07, 6.45) is 3.41. The van der Waals surface area contributed by atoms with Gasteiger partial charge in [0.2, 0.25) is 6.04 Å². The number of nitrogens with zero attached hydrogens (tertiary/aromatic N) is 1. The van der Waals surface area contributed by atoms with Crippen molar-refractivity contribution in [1.29, 1.82) is 0 Å². The van der Waals surface area contributed by atoms with E-state index >= 15 is 0 Å². The zero-order chi connectivity index (χ0) is 20.9. The zero-order valence-corrected chi connectivity index (χ0v) is 16.5. The van der Waals surface area contributed by atoms with E-state index in [4.69, 9.17) is 0 Å². The lowest BCUT2D eigenvalue weighted by Crippen LogP contribution is -2.42. The van der Waals surface area contributed by atoms with Crippen molar-refractivity contribution in [3.05, 3.63) is 129 Å². The van der Waals surface area contributed by atoms with Gasteiger partial charge in [0.25, 0.3) is 0 Å². The first kappa shape index (κ1) is 19.8. The van der Waals surface area contributed by atoms with Crippen LogP contribution in [0.1, 0.15) is 28.5 Å². The van der Waals surface area contributed by atoms with Crippen LogP contribution in [0.25, 0.3) is 0 Å². The van der Waals surface area contributed by atoms with E-state index in [1.807, 2.05) is 97.1 Å². The van der Waals surface area contributed by atoms with E-state index in [-0.39, 0.29) is 16.8 Å². The van der Waals surface area contributed by atoms with Crippen molar-refractivity contribution in [3.63, 3.8) is 0 Å². The van der Waals surface area contributed by atoms with E-state index in [0.717, 1.165) is 23.0 Å². The largest absolute Gasteiger partial charge is 0.298 e. The molecule has 0 aromatic heterocycles. The molecule has 3 aromatic carbocycles. The molecule has 0 amide bonds. The quantitative estimate of drug-likeness (QED) is 0.326. The van der Waals surface area contributed by atoms with Crippen LogP contribution in [-0.2, 0) is 11.2 Å². The maximum atomic E-state index is 12.4. The molecule has 0 aliphatic heterocycles. The van der Waals surface area contributed by atoms with Gasteiger partial charge >= 0.3 is 0 Å². The van der Waals surface area contributed by atoms with Gasteiger partial charge in [-0.05, 0) is 29.0 Å². The average Bonchev–Trinajstić information content (AvgIpc) is 2.80. The van der Waals surface area contributed by atoms with Crippen LogP contribution in [0.3, 0.4) is 0 Å². The third kappa shape index (κ3) is 3.94. The molecule has 0 fully saturated rings. The Balaban J connectivity index is 1.87. The Morgan fingerprint density at radius 3 is 1.87 bits per heavy atom. The van der Waals surface area contributed by atoms with Crippen molar-refractivity contribution in [2.45, 2.75) is 24.3 Å². The Bertz CT molecular complexity index is 1030. The Morgan fingerprint density at radius 1 is 0.800 bits per heavy atom. The molecule has 1 aliphatic rings. The number of hydrogen-bond donors (Lipinski definition) is 0. The first-order valence-electron chi connectivity index (χ1n) is 10.1. The van der Waals surface area contributed by atoms with Crippen LogP contribution in [-0.4, -0.2) is 17.3 Å². The van der Waals surface area contributed by atoms with Gasteiger partial charge in [0.05, 0.1) is 11.8 Å². The minimum Gasteiger partial charge on any atom is -0.298 e. The molecule has 30 heavy (non-hydrogen) atoms. The van der Waals surface area contributed by atoms with Gasteiger partial charge in [-0.15, -0.1) is 0 Å². The van der Waals surface area contributed by atoms with E-state index in [1.54, 1.807) is 0 Å². The van der Waals surface area contributed by atoms with E-state index in [0.29, 0.717) is 12.0 Å². The lowest BCUT2D eigenvalue weighted by atomic mass is 9.65. The monoisotopic (exact) mass is 397 g/mol. The summed E-state index contributed by atoms with van der Waals surface area (Å²) < 4.78 is 0. The molecular weight excluding hydrogens is 374 g/mol. The van der Waals surface area contributed by atoms with Gasteiger partial charge in [-0.25, -0.2) is 0 Å². The Labute approximate surface area is 176 Å². The average molecular weight is 397 g/mol. The highest BCUT2D eigenvalue weighted by atomic mass is 16.6. The number of allylic oxidation sites excluding steroid dienone is 1. The molecule has 0 spiro atoms. The summed E-state index contributed by atoms with van der Waals surface area (Å²) in [5, 5.41) is 12.4. The van der Waals surface area contributed by atoms with E-state index in [1.165, 1.54) is 0 Å². The second-order valence-electron chi connectivity index (χ2n) is 7.74. The lowest BCUT2D eigenvalue weighted by molar-refractivity contribution is -0.531. The van der Waals surface area contributed by atoms with Gasteiger partial charge in [0, 0.05) is 10.5 Å². The van der Waals surface area contributed by atoms with Gasteiger partial charge < -0.3 is 0 Å². The maximum Gasteiger partial charge on any atom is 0.231 e. The second kappa shape index (κ2) is 8.87. The second-order valence-corrected chi connectivity index (χ2v) is 7.74. The number of carbonyl (C=O) groups excluding carboxylic acids is 1. The summed E-state index contributed by atoms with van der Waals surface area (Å²) in [5.41, 5.74) is 3.33. The van der Waals surface area contributed by atoms with E-state index in [2.05, 4.69) is 0 Å². The lowest BCUT2D eigenvalue weighted by Gasteiger charge is -2.37. The number of carbonyl (C=O) groups is 1. The van der Waals surface area contributed by atoms with E-state index in [9.17, 15) is 14.9 Å². The molecule has 4 rings (SSSR count). The number of benzene rings is 3. The van der Waals surface area contributed by atoms with Crippen molar-refractivity contribution >= 4 is 6.29 Å². The molecule has 0 bridgehead atoms. The van der Waals surface area contributed by atoms with Gasteiger partial charge in [0.1, 0.15) is 6.29 Å². The molecular formula is C26H23NO3. The molecule has 4 atom stereocenters. The van der Waals surface area contributed by atoms with Crippen molar-refractivity contribution in [1.82, 2.24) is 0 Å². The summed E-state index contributed by atoms with van der Waals surface area (Å²) in [6.45, 7) is 0. The molecule has 0 N–H and O–H groups in total. The summed E-state index contributed by atoms with van der Waals surface area (Å²) >= 11 is 0. The van der Waals surface area contributed by atoms with Gasteiger partial charge in [-0.3, -0.25) is 14.9 Å². The molecule has 0 saturated carbocycles. The number of aldehydes is 1. The van der Waals surface area contributed by atoms with Crippen LogP contribution < -0.4 is 0 Å². The highest BCUT2D eigenvalue weighted by Gasteiger charge is 2.48. The number of nitro groups is 1. The van der Waals surface area contributed by atoms with Crippen LogP contribution in [0.15, 0.2) is 103 Å². The molecule has 0 radical (unpaired) electrons. The predicted octanol–water partition coefficient (Wildman–Crippen LogP) is 5.20. The minimum absolute atomic E-state index is 0.148. The van der Waals surface area contributed by atoms with Crippen LogP contribution in [0, 0.1) is 16.0 Å². The number of rotatable bonds is 6. The van der Waals surface area contributed by atoms with Crippen molar-refractivity contribution in [2.75, 3.05) is 0 Å². The Kier molecular flexibility index (Phi) is 5.84. The fraction of sp³-hybridized carbons (Fsp3) is 0.192. The van der Waals surface area contributed by atoms with Crippen LogP contribution in [0.4, 0.5) is 0 Å². The smallest absolute Gasteiger partial charge is 0.231 e. The maximum absolute atomic E-state index is 12.4. The SMILES string of the molecule is O=CC1=C[C@@H](Cc2ccccc2)[C@H](c2ccccc2)[C@H]([N+](=O)[O-])[C@H]1c1ccccc1. The molecule has 4 nitrogen and oxygen atoms in total. The topological polar surface area (TPSA) is 60.2 Å². The van der Waals surface area contributed by atoms with E-state index < -0.39 is 12.0 Å². The third-order valence-corrected chi connectivity index (χ3v) is 5.97. The molecule has 3 aromatic rings. The summed E-state index contributed by atoms with van der Waals surface area (Å²) in [7, 11) is 0. The van der Waals surface area contributed by atoms with Gasteiger partial charge in [0.15, 0.2) is 0 Å². The zero-order valence-electron chi connectivity index (χ0n) is 16.5. The van der Waals surface area contributed by atoms with Crippen LogP contribution in [0.5, 0.6) is 0 Å². The Morgan fingerprint density at radius 2 is 1.33 bits per heavy atom. The molecule has 150 valence electrons. The molecule has 0 heterocycles. The summed E-state index contributed by atoms with van der Waals surface area (Å²) in [4.78, 5) is 24.3. The molecule has 4 heteroatoms. The first-order chi connectivity index (χ1) is 14.7. The van der Waals surface area contributed by atoms with Gasteiger partial charge in [-0.1, -0.05) is 97.1 Å². The Hall–Kier alpha value is -3.53. The highest BCUT2D eigenvalue weighted by molar-refractivity contribution is 5.77. The van der Waals surface area contributed by atoms with Crippen molar-refractivity contribution in [2.24, 2.45) is 5.92 Å². The molecule has 1 aliphatic carbocycles. The highest BCUT2D eigenvalue weighted by Crippen LogP contribution is 2.46. The van der Waals surface area contributed by atoms with Crippen molar-refractivity contribution < 1.29 is 9.72 Å². The fourth-order valence-electron chi connectivity index (χ4n) is 4.72. The number of hydrogen-bond acceptors (Lipinski definition) is 3. The van der Waals surface area contributed by atoms with Crippen molar-refractivity contribution in [3.8, 4) is 0 Å². The standard InChI is InChI=1S/C26H23NO3/c28-18-23-17-22(16-19-10-4-1-5-11-19)24(20-12-6-2-7-13-20)26(27(29)30)25(23)21-14-8-3-9-15-21/h1-15,17-18,22,24-26H,16H2/t22-,24+,25+,26+/m1/s1. The third-order valence-electron chi connectivity index (χ3n) is 5.97. The molecule has 0 unspecified atom stereocenters. The first-order valence-corrected chi connectivity index (χ1v) is 10.1. The minimum atomic E-state index is -0.922.